The van der Waals surface area contributed by atoms with Crippen molar-refractivity contribution in [3.8, 4) is 11.5 Å². The van der Waals surface area contributed by atoms with Crippen LogP contribution in [0.5, 0.6) is 11.5 Å². The first-order valence-electron chi connectivity index (χ1n) is 8.01. The van der Waals surface area contributed by atoms with E-state index in [1.807, 2.05) is 19.9 Å². The zero-order valence-corrected chi connectivity index (χ0v) is 15.7. The molecule has 0 aliphatic carbocycles. The van der Waals surface area contributed by atoms with Crippen molar-refractivity contribution < 1.29 is 28.0 Å². The molecule has 1 aliphatic rings. The SMILES string of the molecule is CCS(=O)CCOC(=O)N(C)C(=O)Oc1cccc2c1OC(C)(C)C2. The van der Waals surface area contributed by atoms with Crippen LogP contribution in [0.25, 0.3) is 0 Å². The van der Waals surface area contributed by atoms with Crippen LogP contribution in [0.4, 0.5) is 9.59 Å². The molecule has 0 fully saturated rings. The number of hydrogen-bond acceptors (Lipinski definition) is 6. The monoisotopic (exact) mass is 369 g/mol. The molecule has 1 heterocycles. The minimum atomic E-state index is -1.03. The summed E-state index contributed by atoms with van der Waals surface area (Å²) in [5, 5.41) is 0. The fourth-order valence-electron chi connectivity index (χ4n) is 2.37. The Morgan fingerprint density at radius 1 is 1.32 bits per heavy atom. The maximum absolute atomic E-state index is 12.2. The lowest BCUT2D eigenvalue weighted by Gasteiger charge is -2.19. The predicted molar refractivity (Wildman–Crippen MR) is 93.5 cm³/mol. The summed E-state index contributed by atoms with van der Waals surface area (Å²) in [6.45, 7) is 5.66. The number of hydrogen-bond donors (Lipinski definition) is 0. The number of ether oxygens (including phenoxy) is 3. The average Bonchev–Trinajstić information content (AvgIpc) is 2.88. The Labute approximate surface area is 149 Å². The fourth-order valence-corrected chi connectivity index (χ4v) is 2.93. The van der Waals surface area contributed by atoms with Crippen LogP contribution in [0, 0.1) is 0 Å². The van der Waals surface area contributed by atoms with Gasteiger partial charge in [-0.05, 0) is 19.9 Å². The molecule has 1 atom stereocenters. The Kier molecular flexibility index (Phi) is 6.05. The fraction of sp³-hybridized carbons (Fsp3) is 0.529. The minimum absolute atomic E-state index is 0.0189. The molecule has 0 saturated heterocycles. The third-order valence-electron chi connectivity index (χ3n) is 3.66. The van der Waals surface area contributed by atoms with Crippen molar-refractivity contribution in [2.75, 3.05) is 25.2 Å². The van der Waals surface area contributed by atoms with Gasteiger partial charge in [-0.15, -0.1) is 0 Å². The number of carbonyl (C=O) groups excluding carboxylic acids is 2. The van der Waals surface area contributed by atoms with Crippen molar-refractivity contribution in [3.63, 3.8) is 0 Å². The molecule has 2 rings (SSSR count). The predicted octanol–water partition coefficient (Wildman–Crippen LogP) is 2.74. The summed E-state index contributed by atoms with van der Waals surface area (Å²) in [6.07, 6.45) is -1.02. The largest absolute Gasteiger partial charge is 0.483 e. The van der Waals surface area contributed by atoms with Crippen LogP contribution in [0.2, 0.25) is 0 Å². The van der Waals surface area contributed by atoms with Crippen LogP contribution < -0.4 is 9.47 Å². The number of imide groups is 1. The van der Waals surface area contributed by atoms with Crippen molar-refractivity contribution in [2.24, 2.45) is 0 Å². The molecule has 7 nitrogen and oxygen atoms in total. The molecule has 1 aromatic carbocycles. The van der Waals surface area contributed by atoms with Crippen LogP contribution in [-0.4, -0.2) is 52.1 Å². The van der Waals surface area contributed by atoms with Gasteiger partial charge in [0.1, 0.15) is 12.2 Å². The Hall–Kier alpha value is -2.09. The lowest BCUT2D eigenvalue weighted by molar-refractivity contribution is 0.106. The lowest BCUT2D eigenvalue weighted by Crippen LogP contribution is -2.36. The molecule has 0 radical (unpaired) electrons. The number of rotatable bonds is 5. The van der Waals surface area contributed by atoms with Crippen molar-refractivity contribution in [2.45, 2.75) is 32.8 Å². The van der Waals surface area contributed by atoms with Crippen LogP contribution in [0.15, 0.2) is 18.2 Å². The van der Waals surface area contributed by atoms with Gasteiger partial charge in [-0.25, -0.2) is 14.5 Å². The molecule has 1 unspecified atom stereocenters. The molecule has 0 N–H and O–H groups in total. The van der Waals surface area contributed by atoms with E-state index in [1.165, 1.54) is 7.05 Å². The van der Waals surface area contributed by atoms with Crippen molar-refractivity contribution in [3.05, 3.63) is 23.8 Å². The number of para-hydroxylation sites is 1. The van der Waals surface area contributed by atoms with Gasteiger partial charge in [-0.3, -0.25) is 4.21 Å². The topological polar surface area (TPSA) is 82.1 Å². The van der Waals surface area contributed by atoms with E-state index >= 15 is 0 Å². The molecule has 8 heteroatoms. The number of carbonyl (C=O) groups is 2. The zero-order valence-electron chi connectivity index (χ0n) is 14.9. The highest BCUT2D eigenvalue weighted by Crippen LogP contribution is 2.41. The normalized spacial score (nSPS) is 15.7. The van der Waals surface area contributed by atoms with Crippen LogP contribution in [-0.2, 0) is 22.0 Å². The second-order valence-electron chi connectivity index (χ2n) is 6.26. The molecule has 2 amide bonds. The van der Waals surface area contributed by atoms with Crippen LogP contribution in [0.1, 0.15) is 26.3 Å². The quantitative estimate of drug-likeness (QED) is 0.794. The Morgan fingerprint density at radius 2 is 2.04 bits per heavy atom. The Balaban J connectivity index is 1.95. The molecule has 25 heavy (non-hydrogen) atoms. The molecule has 1 aliphatic heterocycles. The summed E-state index contributed by atoms with van der Waals surface area (Å²) in [7, 11) is 0.225. The maximum atomic E-state index is 12.2. The van der Waals surface area contributed by atoms with Gasteiger partial charge in [-0.2, -0.15) is 0 Å². The Morgan fingerprint density at radius 3 is 2.72 bits per heavy atom. The highest BCUT2D eigenvalue weighted by molar-refractivity contribution is 7.84. The van der Waals surface area contributed by atoms with Gasteiger partial charge in [0, 0.05) is 35.6 Å². The van der Waals surface area contributed by atoms with Crippen molar-refractivity contribution in [1.82, 2.24) is 4.90 Å². The summed E-state index contributed by atoms with van der Waals surface area (Å²) in [5.74, 6) is 1.51. The molecule has 1 aromatic rings. The van der Waals surface area contributed by atoms with Crippen LogP contribution in [0.3, 0.4) is 0 Å². The van der Waals surface area contributed by atoms with Gasteiger partial charge in [0.2, 0.25) is 0 Å². The van der Waals surface area contributed by atoms with Gasteiger partial charge < -0.3 is 14.2 Å². The van der Waals surface area contributed by atoms with Gasteiger partial charge in [-0.1, -0.05) is 19.1 Å². The molecule has 0 bridgehead atoms. The minimum Gasteiger partial charge on any atom is -0.483 e. The van der Waals surface area contributed by atoms with Gasteiger partial charge in [0.05, 0.1) is 5.75 Å². The Bertz CT molecular complexity index is 688. The van der Waals surface area contributed by atoms with E-state index in [9.17, 15) is 13.8 Å². The molecule has 0 spiro atoms. The number of benzene rings is 1. The molecule has 0 saturated carbocycles. The van der Waals surface area contributed by atoms with Gasteiger partial charge in [0.15, 0.2) is 11.5 Å². The van der Waals surface area contributed by atoms with E-state index in [4.69, 9.17) is 14.2 Å². The summed E-state index contributed by atoms with van der Waals surface area (Å²) in [5.41, 5.74) is 0.576. The van der Waals surface area contributed by atoms with Gasteiger partial charge >= 0.3 is 12.2 Å². The third kappa shape index (κ3) is 4.94. The maximum Gasteiger partial charge on any atom is 0.424 e. The first-order valence-corrected chi connectivity index (χ1v) is 9.50. The molecule has 0 aromatic heterocycles. The molecular formula is C17H23NO6S. The van der Waals surface area contributed by atoms with E-state index in [-0.39, 0.29) is 23.7 Å². The summed E-state index contributed by atoms with van der Waals surface area (Å²) < 4.78 is 27.3. The number of nitrogens with zero attached hydrogens (tertiary/aromatic N) is 1. The number of fused-ring (bicyclic) bond motifs is 1. The smallest absolute Gasteiger partial charge is 0.424 e. The summed E-state index contributed by atoms with van der Waals surface area (Å²) >= 11 is 0. The van der Waals surface area contributed by atoms with E-state index in [0.29, 0.717) is 17.9 Å². The molecule has 138 valence electrons. The van der Waals surface area contributed by atoms with E-state index in [2.05, 4.69) is 0 Å². The van der Waals surface area contributed by atoms with E-state index < -0.39 is 23.0 Å². The van der Waals surface area contributed by atoms with Crippen LogP contribution >= 0.6 is 0 Å². The standard InChI is InChI=1S/C17H23NO6S/c1-5-25(21)10-9-22-15(19)18(4)16(20)23-13-8-6-7-12-11-17(2,3)24-14(12)13/h6-8H,5,9-11H2,1-4H3. The first-order chi connectivity index (χ1) is 11.7. The number of amides is 2. The second kappa shape index (κ2) is 7.86. The van der Waals surface area contributed by atoms with E-state index in [1.54, 1.807) is 19.1 Å². The lowest BCUT2D eigenvalue weighted by atomic mass is 10.0. The highest BCUT2D eigenvalue weighted by atomic mass is 32.2. The first kappa shape index (κ1) is 19.2. The zero-order chi connectivity index (χ0) is 18.6. The van der Waals surface area contributed by atoms with Crippen molar-refractivity contribution >= 4 is 23.0 Å². The summed E-state index contributed by atoms with van der Waals surface area (Å²) in [4.78, 5) is 24.7. The third-order valence-corrected chi connectivity index (χ3v) is 4.92. The highest BCUT2D eigenvalue weighted by Gasteiger charge is 2.33. The second-order valence-corrected chi connectivity index (χ2v) is 8.12. The summed E-state index contributed by atoms with van der Waals surface area (Å²) in [6, 6.07) is 5.29. The van der Waals surface area contributed by atoms with Crippen molar-refractivity contribution in [1.29, 1.82) is 0 Å². The molecular weight excluding hydrogens is 346 g/mol. The van der Waals surface area contributed by atoms with E-state index in [0.717, 1.165) is 10.5 Å². The average molecular weight is 369 g/mol. The van der Waals surface area contributed by atoms with Gasteiger partial charge in [0.25, 0.3) is 0 Å².